The number of fused-ring (bicyclic) bond motifs is 1. The second kappa shape index (κ2) is 10.2. The molecule has 0 spiro atoms. The molecule has 1 aromatic heterocycles. The summed E-state index contributed by atoms with van der Waals surface area (Å²) in [5.41, 5.74) is 1.60. The number of carbonyl (C=O) groups excluding carboxylic acids is 1. The predicted molar refractivity (Wildman–Crippen MR) is 133 cm³/mol. The van der Waals surface area contributed by atoms with Crippen molar-refractivity contribution in [3.05, 3.63) is 89.9 Å². The zero-order chi connectivity index (χ0) is 25.0. The summed E-state index contributed by atoms with van der Waals surface area (Å²) in [6.45, 7) is 2.07. The molecule has 0 atom stereocenters. The third-order valence-corrected chi connectivity index (χ3v) is 7.22. The van der Waals surface area contributed by atoms with Gasteiger partial charge in [-0.1, -0.05) is 37.3 Å². The van der Waals surface area contributed by atoms with Gasteiger partial charge in [0.15, 0.2) is 11.6 Å². The zero-order valence-corrected chi connectivity index (χ0v) is 20.1. The van der Waals surface area contributed by atoms with Gasteiger partial charge >= 0.3 is 0 Å². The minimum atomic E-state index is -4.06. The summed E-state index contributed by atoms with van der Waals surface area (Å²) < 4.78 is 51.8. The van der Waals surface area contributed by atoms with Gasteiger partial charge in [0.2, 0.25) is 10.0 Å². The fourth-order valence-electron chi connectivity index (χ4n) is 3.70. The smallest absolute Gasteiger partial charge is 0.288 e. The molecule has 0 saturated carbocycles. The van der Waals surface area contributed by atoms with Gasteiger partial charge in [0.1, 0.15) is 18.1 Å². The van der Waals surface area contributed by atoms with Gasteiger partial charge in [-0.05, 0) is 48.4 Å². The Balaban J connectivity index is 1.66. The maximum atomic E-state index is 14.4. The zero-order valence-electron chi connectivity index (χ0n) is 19.3. The number of hydrogen-bond donors (Lipinski definition) is 1. The highest BCUT2D eigenvalue weighted by Gasteiger charge is 2.31. The molecule has 3 aromatic carbocycles. The first-order valence-corrected chi connectivity index (χ1v) is 12.6. The number of aromatic amines is 1. The van der Waals surface area contributed by atoms with Crippen LogP contribution in [0.25, 0.3) is 10.9 Å². The monoisotopic (exact) mass is 496 g/mol. The van der Waals surface area contributed by atoms with Crippen LogP contribution in [0.1, 0.15) is 29.4 Å². The number of methoxy groups -OCH3 is 1. The summed E-state index contributed by atoms with van der Waals surface area (Å²) >= 11 is 0. The van der Waals surface area contributed by atoms with Crippen molar-refractivity contribution in [3.8, 4) is 11.5 Å². The minimum Gasteiger partial charge on any atom is -0.494 e. The van der Waals surface area contributed by atoms with Crippen LogP contribution < -0.4 is 13.8 Å². The van der Waals surface area contributed by atoms with Crippen LogP contribution in [0.4, 0.5) is 10.1 Å². The summed E-state index contributed by atoms with van der Waals surface area (Å²) in [7, 11) is -2.76. The standard InChI is InChI=1S/C26H25FN2O5S/c1-3-13-35(31,32)29(20-9-12-25(33-2)22(27)16-20)26(30)24-15-19-14-21(10-11-23(19)28-24)34-17-18-7-5-4-6-8-18/h4-12,14-16,28H,3,13,17H2,1-2H3. The lowest BCUT2D eigenvalue weighted by Gasteiger charge is -2.22. The molecule has 4 rings (SSSR count). The molecule has 182 valence electrons. The molecule has 1 amide bonds. The highest BCUT2D eigenvalue weighted by atomic mass is 32.2. The first-order chi connectivity index (χ1) is 16.8. The fourth-order valence-corrected chi connectivity index (χ4v) is 5.19. The third-order valence-electron chi connectivity index (χ3n) is 5.37. The van der Waals surface area contributed by atoms with Crippen molar-refractivity contribution in [1.82, 2.24) is 4.98 Å². The van der Waals surface area contributed by atoms with Crippen LogP contribution in [-0.4, -0.2) is 32.2 Å². The summed E-state index contributed by atoms with van der Waals surface area (Å²) in [5.74, 6) is -1.31. The summed E-state index contributed by atoms with van der Waals surface area (Å²) in [6.07, 6.45) is 0.291. The maximum absolute atomic E-state index is 14.4. The van der Waals surface area contributed by atoms with Crippen molar-refractivity contribution in [2.24, 2.45) is 0 Å². The van der Waals surface area contributed by atoms with E-state index in [2.05, 4.69) is 4.98 Å². The molecular weight excluding hydrogens is 471 g/mol. The van der Waals surface area contributed by atoms with Gasteiger partial charge in [0, 0.05) is 17.0 Å². The van der Waals surface area contributed by atoms with Crippen molar-refractivity contribution in [2.45, 2.75) is 20.0 Å². The van der Waals surface area contributed by atoms with E-state index in [0.29, 0.717) is 34.0 Å². The van der Waals surface area contributed by atoms with Crippen molar-refractivity contribution >= 4 is 32.5 Å². The van der Waals surface area contributed by atoms with Crippen LogP contribution in [0, 0.1) is 5.82 Å². The van der Waals surface area contributed by atoms with Crippen LogP contribution in [0.15, 0.2) is 72.8 Å². The van der Waals surface area contributed by atoms with E-state index in [1.165, 1.54) is 19.2 Å². The molecule has 0 saturated heterocycles. The molecule has 1 N–H and O–H groups in total. The Kier molecular flexibility index (Phi) is 7.07. The fraction of sp³-hybridized carbons (Fsp3) is 0.192. The van der Waals surface area contributed by atoms with Gasteiger partial charge in [0.05, 0.1) is 18.6 Å². The molecule has 0 fully saturated rings. The molecule has 0 radical (unpaired) electrons. The molecule has 0 bridgehead atoms. The number of halogens is 1. The van der Waals surface area contributed by atoms with Gasteiger partial charge in [-0.25, -0.2) is 17.1 Å². The normalized spacial score (nSPS) is 11.4. The van der Waals surface area contributed by atoms with Crippen molar-refractivity contribution in [1.29, 1.82) is 0 Å². The minimum absolute atomic E-state index is 0.0520. The molecule has 0 unspecified atom stereocenters. The molecule has 1 heterocycles. The Morgan fingerprint density at radius 3 is 2.49 bits per heavy atom. The molecular formula is C26H25FN2O5S. The quantitative estimate of drug-likeness (QED) is 0.341. The number of rotatable bonds is 9. The number of amides is 1. The second-order valence-corrected chi connectivity index (χ2v) is 9.85. The number of benzene rings is 3. The van der Waals surface area contributed by atoms with E-state index < -0.39 is 21.7 Å². The number of hydrogen-bond acceptors (Lipinski definition) is 5. The number of sulfonamides is 1. The number of nitrogens with one attached hydrogen (secondary N) is 1. The van der Waals surface area contributed by atoms with Crippen molar-refractivity contribution in [3.63, 3.8) is 0 Å². The summed E-state index contributed by atoms with van der Waals surface area (Å²) in [5, 5.41) is 0.674. The third kappa shape index (κ3) is 5.30. The highest BCUT2D eigenvalue weighted by Crippen LogP contribution is 2.29. The topological polar surface area (TPSA) is 88.7 Å². The van der Waals surface area contributed by atoms with Gasteiger partial charge in [-0.2, -0.15) is 0 Å². The summed E-state index contributed by atoms with van der Waals surface area (Å²) in [6, 6.07) is 20.1. The van der Waals surface area contributed by atoms with E-state index in [4.69, 9.17) is 9.47 Å². The van der Waals surface area contributed by atoms with Crippen LogP contribution in [0.2, 0.25) is 0 Å². The lowest BCUT2D eigenvalue weighted by atomic mass is 10.2. The molecule has 35 heavy (non-hydrogen) atoms. The van der Waals surface area contributed by atoms with Crippen molar-refractivity contribution in [2.75, 3.05) is 17.2 Å². The van der Waals surface area contributed by atoms with Gasteiger partial charge < -0.3 is 14.5 Å². The number of anilines is 1. The Morgan fingerprint density at radius 2 is 1.80 bits per heavy atom. The SMILES string of the molecule is CCCS(=O)(=O)N(C(=O)c1cc2cc(OCc3ccccc3)ccc2[nH]1)c1ccc(OC)c(F)c1. The Morgan fingerprint density at radius 1 is 1.03 bits per heavy atom. The average molecular weight is 497 g/mol. The lowest BCUT2D eigenvalue weighted by Crippen LogP contribution is -2.38. The molecule has 0 aliphatic rings. The van der Waals surface area contributed by atoms with E-state index >= 15 is 0 Å². The van der Waals surface area contributed by atoms with E-state index in [1.54, 1.807) is 31.2 Å². The Hall–Kier alpha value is -3.85. The number of nitrogens with zero attached hydrogens (tertiary/aromatic N) is 1. The highest BCUT2D eigenvalue weighted by molar-refractivity contribution is 7.93. The Labute approximate surface area is 203 Å². The van der Waals surface area contributed by atoms with E-state index in [1.807, 2.05) is 30.3 Å². The predicted octanol–water partition coefficient (Wildman–Crippen LogP) is 5.28. The second-order valence-electron chi connectivity index (χ2n) is 7.91. The summed E-state index contributed by atoms with van der Waals surface area (Å²) in [4.78, 5) is 16.4. The van der Waals surface area contributed by atoms with Crippen LogP contribution in [0.5, 0.6) is 11.5 Å². The van der Waals surface area contributed by atoms with E-state index in [9.17, 15) is 17.6 Å². The largest absolute Gasteiger partial charge is 0.494 e. The first-order valence-electron chi connectivity index (χ1n) is 11.0. The number of H-pyrrole nitrogens is 1. The van der Waals surface area contributed by atoms with Gasteiger partial charge in [-0.3, -0.25) is 4.79 Å². The first kappa shape index (κ1) is 24.3. The van der Waals surface area contributed by atoms with Gasteiger partial charge in [-0.15, -0.1) is 0 Å². The maximum Gasteiger partial charge on any atom is 0.288 e. The number of ether oxygens (including phenoxy) is 2. The van der Waals surface area contributed by atoms with Crippen molar-refractivity contribution < 1.29 is 27.1 Å². The van der Waals surface area contributed by atoms with E-state index in [0.717, 1.165) is 11.6 Å². The van der Waals surface area contributed by atoms with Crippen LogP contribution in [0.3, 0.4) is 0 Å². The van der Waals surface area contributed by atoms with Crippen LogP contribution in [-0.2, 0) is 16.6 Å². The Bertz CT molecular complexity index is 1450. The van der Waals surface area contributed by atoms with Gasteiger partial charge in [0.25, 0.3) is 5.91 Å². The molecule has 0 aliphatic heterocycles. The molecule has 7 nitrogen and oxygen atoms in total. The lowest BCUT2D eigenvalue weighted by molar-refractivity contribution is 0.100. The number of carbonyl (C=O) groups is 1. The molecule has 0 aliphatic carbocycles. The molecule has 9 heteroatoms. The average Bonchev–Trinajstić information content (AvgIpc) is 3.27. The molecule has 4 aromatic rings. The van der Waals surface area contributed by atoms with E-state index in [-0.39, 0.29) is 22.9 Å². The number of aromatic nitrogens is 1. The van der Waals surface area contributed by atoms with Crippen LogP contribution >= 0.6 is 0 Å².